The van der Waals surface area contributed by atoms with Crippen molar-refractivity contribution >= 4 is 45.2 Å². The monoisotopic (exact) mass is 631 g/mol. The van der Waals surface area contributed by atoms with E-state index < -0.39 is 6.04 Å². The van der Waals surface area contributed by atoms with Gasteiger partial charge in [0.1, 0.15) is 18.4 Å². The van der Waals surface area contributed by atoms with Crippen LogP contribution in [0.25, 0.3) is 0 Å². The molecule has 7 nitrogen and oxygen atoms in total. The minimum Gasteiger partial charge on any atom is -0.489 e. The fraction of sp³-hybridized carbons (Fsp3) is 0.281. The van der Waals surface area contributed by atoms with Crippen molar-refractivity contribution in [3.63, 3.8) is 0 Å². The fourth-order valence-corrected chi connectivity index (χ4v) is 6.08. The van der Waals surface area contributed by atoms with E-state index in [-0.39, 0.29) is 5.91 Å². The van der Waals surface area contributed by atoms with Crippen LogP contribution in [0, 0.1) is 13.8 Å². The van der Waals surface area contributed by atoms with Crippen molar-refractivity contribution in [2.45, 2.75) is 58.3 Å². The summed E-state index contributed by atoms with van der Waals surface area (Å²) in [6.45, 7) is 8.61. The number of carbonyl (C=O) groups is 1. The summed E-state index contributed by atoms with van der Waals surface area (Å²) in [4.78, 5) is 18.7. The molecule has 1 amide bonds. The van der Waals surface area contributed by atoms with E-state index in [2.05, 4.69) is 33.5 Å². The molecule has 5 rings (SSSR count). The van der Waals surface area contributed by atoms with Crippen LogP contribution in [-0.4, -0.2) is 26.4 Å². The lowest BCUT2D eigenvalue weighted by Gasteiger charge is -2.29. The molecule has 1 aliphatic rings. The number of aromatic nitrogens is 3. The van der Waals surface area contributed by atoms with Crippen LogP contribution in [0.4, 0.5) is 11.6 Å². The Morgan fingerprint density at radius 1 is 1.10 bits per heavy atom. The van der Waals surface area contributed by atoms with Crippen LogP contribution in [0.3, 0.4) is 0 Å². The van der Waals surface area contributed by atoms with Crippen molar-refractivity contribution in [2.75, 3.05) is 16.4 Å². The van der Waals surface area contributed by atoms with E-state index in [0.717, 1.165) is 62.5 Å². The molecule has 1 unspecified atom stereocenters. The minimum atomic E-state index is -0.455. The third-order valence-electron chi connectivity index (χ3n) is 7.15. The molecule has 0 spiro atoms. The van der Waals surface area contributed by atoms with Crippen molar-refractivity contribution in [2.24, 2.45) is 0 Å². The summed E-state index contributed by atoms with van der Waals surface area (Å²) >= 11 is 5.15. The number of rotatable bonds is 10. The van der Waals surface area contributed by atoms with Gasteiger partial charge in [0.2, 0.25) is 11.1 Å². The average molecular weight is 633 g/mol. The van der Waals surface area contributed by atoms with E-state index in [1.54, 1.807) is 11.8 Å². The van der Waals surface area contributed by atoms with Gasteiger partial charge in [-0.05, 0) is 79.8 Å². The molecule has 1 atom stereocenters. The van der Waals surface area contributed by atoms with Crippen molar-refractivity contribution in [3.8, 4) is 5.75 Å². The van der Waals surface area contributed by atoms with Gasteiger partial charge in [-0.3, -0.25) is 4.79 Å². The number of nitrogens with one attached hydrogen (secondary N) is 2. The second-order valence-corrected chi connectivity index (χ2v) is 12.1. The number of fused-ring (bicyclic) bond motifs is 1. The van der Waals surface area contributed by atoms with Crippen LogP contribution in [0.5, 0.6) is 5.75 Å². The molecule has 0 fully saturated rings. The normalized spacial score (nSPS) is 14.4. The number of benzene rings is 3. The third-order valence-corrected chi connectivity index (χ3v) is 8.57. The first-order chi connectivity index (χ1) is 19.8. The van der Waals surface area contributed by atoms with Gasteiger partial charge in [-0.1, -0.05) is 77.4 Å². The zero-order valence-electron chi connectivity index (χ0n) is 23.7. The molecule has 1 aliphatic heterocycles. The number of amides is 1. The van der Waals surface area contributed by atoms with Crippen LogP contribution >= 0.6 is 27.7 Å². The van der Waals surface area contributed by atoms with Gasteiger partial charge >= 0.3 is 0 Å². The Bertz CT molecular complexity index is 1580. The largest absolute Gasteiger partial charge is 0.489 e. The van der Waals surface area contributed by atoms with Gasteiger partial charge in [0.15, 0.2) is 0 Å². The molecule has 2 heterocycles. The molecule has 0 saturated carbocycles. The van der Waals surface area contributed by atoms with Gasteiger partial charge in [-0.25, -0.2) is 4.68 Å². The number of hydrogen-bond donors (Lipinski definition) is 2. The first-order valence-corrected chi connectivity index (χ1v) is 15.5. The van der Waals surface area contributed by atoms with Gasteiger partial charge in [0.05, 0.1) is 5.57 Å². The highest BCUT2D eigenvalue weighted by Gasteiger charge is 2.34. The van der Waals surface area contributed by atoms with Crippen molar-refractivity contribution < 1.29 is 9.53 Å². The fourth-order valence-electron chi connectivity index (χ4n) is 4.72. The molecule has 4 aromatic rings. The molecule has 0 aliphatic carbocycles. The second-order valence-electron chi connectivity index (χ2n) is 10.1. The Kier molecular flexibility index (Phi) is 9.15. The molecule has 1 aromatic heterocycles. The topological polar surface area (TPSA) is 81.1 Å². The lowest BCUT2D eigenvalue weighted by atomic mass is 9.94. The maximum absolute atomic E-state index is 13.9. The van der Waals surface area contributed by atoms with Gasteiger partial charge in [-0.2, -0.15) is 4.98 Å². The van der Waals surface area contributed by atoms with E-state index >= 15 is 0 Å². The van der Waals surface area contributed by atoms with Crippen LogP contribution in [0.2, 0.25) is 0 Å². The van der Waals surface area contributed by atoms with Crippen LogP contribution < -0.4 is 15.4 Å². The number of allylic oxidation sites excluding steroid dienone is 1. The highest BCUT2D eigenvalue weighted by atomic mass is 79.9. The van der Waals surface area contributed by atoms with Crippen molar-refractivity contribution in [1.29, 1.82) is 0 Å². The Hall–Kier alpha value is -3.56. The number of thioether (sulfide) groups is 1. The standard InChI is InChI=1S/C32H34BrN5O2S/c1-5-6-17-41-32-36-31-34-22(4)28(30(39)35-27-12-7-9-20(2)21(27)3)29(38(31)37-32)24-13-15-26(16-14-24)40-19-23-10-8-11-25(33)18-23/h7-16,18,29H,5-6,17,19H2,1-4H3,(H,35,39)(H,34,36,37). The number of nitrogens with zero attached hydrogens (tertiary/aromatic N) is 3. The van der Waals surface area contributed by atoms with Crippen LogP contribution in [-0.2, 0) is 11.4 Å². The predicted molar refractivity (Wildman–Crippen MR) is 170 cm³/mol. The number of anilines is 2. The quantitative estimate of drug-likeness (QED) is 0.136. The number of unbranched alkanes of at least 4 members (excludes halogenated alkanes) is 1. The SMILES string of the molecule is CCCCSc1nc2n(n1)C(c1ccc(OCc3cccc(Br)c3)cc1)C(C(=O)Nc1cccc(C)c1C)=C(C)N2. The van der Waals surface area contributed by atoms with Crippen LogP contribution in [0.1, 0.15) is 55.0 Å². The van der Waals surface area contributed by atoms with Crippen molar-refractivity contribution in [3.05, 3.63) is 105 Å². The highest BCUT2D eigenvalue weighted by molar-refractivity contribution is 9.10. The Morgan fingerprint density at radius 2 is 1.88 bits per heavy atom. The molecule has 9 heteroatoms. The molecule has 0 bridgehead atoms. The van der Waals surface area contributed by atoms with Gasteiger partial charge in [0, 0.05) is 21.6 Å². The summed E-state index contributed by atoms with van der Waals surface area (Å²) in [6.07, 6.45) is 2.20. The minimum absolute atomic E-state index is 0.176. The Balaban J connectivity index is 1.45. The lowest BCUT2D eigenvalue weighted by Crippen LogP contribution is -2.31. The Morgan fingerprint density at radius 3 is 2.63 bits per heavy atom. The molecular weight excluding hydrogens is 598 g/mol. The van der Waals surface area contributed by atoms with E-state index in [1.165, 1.54) is 0 Å². The molecule has 0 saturated heterocycles. The summed E-state index contributed by atoms with van der Waals surface area (Å²) < 4.78 is 8.90. The summed E-state index contributed by atoms with van der Waals surface area (Å²) in [5.74, 6) is 2.15. The van der Waals surface area contributed by atoms with Gasteiger partial charge in [0.25, 0.3) is 5.91 Å². The summed E-state index contributed by atoms with van der Waals surface area (Å²) in [5.41, 5.74) is 6.30. The predicted octanol–water partition coefficient (Wildman–Crippen LogP) is 8.06. The number of aryl methyl sites for hydroxylation is 1. The van der Waals surface area contributed by atoms with Gasteiger partial charge in [-0.15, -0.1) is 5.10 Å². The van der Waals surface area contributed by atoms with E-state index in [0.29, 0.717) is 23.3 Å². The third kappa shape index (κ3) is 6.68. The smallest absolute Gasteiger partial charge is 0.255 e. The second kappa shape index (κ2) is 13.0. The van der Waals surface area contributed by atoms with E-state index in [1.807, 2.05) is 92.2 Å². The average Bonchev–Trinajstić information content (AvgIpc) is 3.36. The first kappa shape index (κ1) is 29.0. The molecule has 2 N–H and O–H groups in total. The molecule has 3 aromatic carbocycles. The molecule has 212 valence electrons. The highest BCUT2D eigenvalue weighted by Crippen LogP contribution is 2.37. The molecule has 41 heavy (non-hydrogen) atoms. The van der Waals surface area contributed by atoms with Crippen LogP contribution in [0.15, 0.2) is 87.6 Å². The molecular formula is C32H34BrN5O2S. The molecule has 0 radical (unpaired) electrons. The number of hydrogen-bond acceptors (Lipinski definition) is 6. The number of ether oxygens (including phenoxy) is 1. The van der Waals surface area contributed by atoms with E-state index in [4.69, 9.17) is 14.8 Å². The van der Waals surface area contributed by atoms with Gasteiger partial charge < -0.3 is 15.4 Å². The summed E-state index contributed by atoms with van der Waals surface area (Å²) in [6, 6.07) is 21.4. The first-order valence-electron chi connectivity index (χ1n) is 13.8. The number of carbonyl (C=O) groups excluding carboxylic acids is 1. The lowest BCUT2D eigenvalue weighted by molar-refractivity contribution is -0.113. The summed E-state index contributed by atoms with van der Waals surface area (Å²) in [5, 5.41) is 12.0. The maximum atomic E-state index is 13.9. The summed E-state index contributed by atoms with van der Waals surface area (Å²) in [7, 11) is 0. The van der Waals surface area contributed by atoms with Crippen molar-refractivity contribution in [1.82, 2.24) is 14.8 Å². The van der Waals surface area contributed by atoms with E-state index in [9.17, 15) is 4.79 Å². The number of halogens is 1. The zero-order valence-corrected chi connectivity index (χ0v) is 26.1. The maximum Gasteiger partial charge on any atom is 0.255 e. The zero-order chi connectivity index (χ0) is 28.9. The Labute approximate surface area is 253 Å².